The summed E-state index contributed by atoms with van der Waals surface area (Å²) in [5, 5.41) is 3.34. The predicted molar refractivity (Wildman–Crippen MR) is 67.7 cm³/mol. The summed E-state index contributed by atoms with van der Waals surface area (Å²) in [4.78, 5) is 7.84. The van der Waals surface area contributed by atoms with Gasteiger partial charge in [-0.05, 0) is 37.2 Å². The van der Waals surface area contributed by atoms with Gasteiger partial charge in [0.05, 0.1) is 11.0 Å². The van der Waals surface area contributed by atoms with E-state index in [9.17, 15) is 0 Å². The number of likely N-dealkylation sites (N-methyl/N-ethyl adjacent to an activating group) is 1. The van der Waals surface area contributed by atoms with Crippen LogP contribution < -0.4 is 5.32 Å². The Labute approximate surface area is 96.3 Å². The lowest BCUT2D eigenvalue weighted by Crippen LogP contribution is -2.15. The van der Waals surface area contributed by atoms with Crippen molar-refractivity contribution >= 4 is 11.0 Å². The van der Waals surface area contributed by atoms with E-state index in [0.29, 0.717) is 0 Å². The summed E-state index contributed by atoms with van der Waals surface area (Å²) in [6, 6.07) is 6.48. The zero-order valence-electron chi connectivity index (χ0n) is 10.0. The van der Waals surface area contributed by atoms with Crippen LogP contribution in [0.5, 0.6) is 0 Å². The molecule has 3 heteroatoms. The topological polar surface area (TPSA) is 40.7 Å². The Morgan fingerprint density at radius 3 is 2.94 bits per heavy atom. The number of imidazole rings is 1. The molecular weight excluding hydrogens is 198 g/mol. The number of fused-ring (bicyclic) bond motifs is 1. The largest absolute Gasteiger partial charge is 0.342 e. The summed E-state index contributed by atoms with van der Waals surface area (Å²) in [6.07, 6.45) is 2.03. The van der Waals surface area contributed by atoms with Gasteiger partial charge in [-0.15, -0.1) is 0 Å². The minimum Gasteiger partial charge on any atom is -0.342 e. The van der Waals surface area contributed by atoms with Crippen LogP contribution in [0.2, 0.25) is 0 Å². The van der Waals surface area contributed by atoms with E-state index >= 15 is 0 Å². The summed E-state index contributed by atoms with van der Waals surface area (Å²) < 4.78 is 0. The highest BCUT2D eigenvalue weighted by molar-refractivity contribution is 5.75. The fraction of sp³-hybridized carbons (Fsp3) is 0.462. The average Bonchev–Trinajstić information content (AvgIpc) is 2.71. The molecule has 0 atom stereocenters. The molecule has 1 aromatic carbocycles. The van der Waals surface area contributed by atoms with E-state index in [4.69, 9.17) is 0 Å². The lowest BCUT2D eigenvalue weighted by Gasteiger charge is -2.01. The van der Waals surface area contributed by atoms with Gasteiger partial charge in [-0.1, -0.05) is 19.9 Å². The second-order valence-corrected chi connectivity index (χ2v) is 3.99. The predicted octanol–water partition coefficient (Wildman–Crippen LogP) is 2.28. The van der Waals surface area contributed by atoms with E-state index in [1.165, 1.54) is 5.56 Å². The molecule has 0 bridgehead atoms. The van der Waals surface area contributed by atoms with Gasteiger partial charge in [0.2, 0.25) is 0 Å². The Kier molecular flexibility index (Phi) is 3.57. The van der Waals surface area contributed by atoms with Gasteiger partial charge >= 0.3 is 0 Å². The smallest absolute Gasteiger partial charge is 0.106 e. The zero-order chi connectivity index (χ0) is 11.4. The number of benzene rings is 1. The molecule has 0 amide bonds. The first-order valence-electron chi connectivity index (χ1n) is 6.01. The highest BCUT2D eigenvalue weighted by Crippen LogP contribution is 2.14. The highest BCUT2D eigenvalue weighted by atomic mass is 14.9. The third-order valence-corrected chi connectivity index (χ3v) is 2.77. The van der Waals surface area contributed by atoms with Crippen LogP contribution in [0.25, 0.3) is 11.0 Å². The number of hydrogen-bond acceptors (Lipinski definition) is 2. The van der Waals surface area contributed by atoms with Gasteiger partial charge in [-0.25, -0.2) is 4.98 Å². The molecule has 0 radical (unpaired) electrons. The Morgan fingerprint density at radius 1 is 1.31 bits per heavy atom. The van der Waals surface area contributed by atoms with Gasteiger partial charge in [0.15, 0.2) is 0 Å². The van der Waals surface area contributed by atoms with E-state index < -0.39 is 0 Å². The molecule has 0 spiro atoms. The number of aromatic amines is 1. The van der Waals surface area contributed by atoms with E-state index in [1.54, 1.807) is 0 Å². The first kappa shape index (κ1) is 11.1. The molecule has 0 aliphatic carbocycles. The minimum atomic E-state index is 0.960. The Bertz CT molecular complexity index is 459. The van der Waals surface area contributed by atoms with Crippen molar-refractivity contribution in [2.75, 3.05) is 13.1 Å². The Morgan fingerprint density at radius 2 is 2.19 bits per heavy atom. The van der Waals surface area contributed by atoms with E-state index in [0.717, 1.165) is 42.8 Å². The number of rotatable bonds is 5. The number of H-pyrrole nitrogens is 1. The molecular formula is C13H19N3. The van der Waals surface area contributed by atoms with Crippen LogP contribution in [0.3, 0.4) is 0 Å². The van der Waals surface area contributed by atoms with Crippen molar-refractivity contribution in [2.45, 2.75) is 26.7 Å². The van der Waals surface area contributed by atoms with Crippen LogP contribution >= 0.6 is 0 Å². The van der Waals surface area contributed by atoms with Crippen LogP contribution in [0, 0.1) is 0 Å². The van der Waals surface area contributed by atoms with Crippen molar-refractivity contribution in [3.63, 3.8) is 0 Å². The molecule has 2 N–H and O–H groups in total. The summed E-state index contributed by atoms with van der Waals surface area (Å²) in [7, 11) is 0. The molecule has 86 valence electrons. The molecule has 3 nitrogen and oxygen atoms in total. The van der Waals surface area contributed by atoms with Crippen molar-refractivity contribution < 1.29 is 0 Å². The third-order valence-electron chi connectivity index (χ3n) is 2.77. The fourth-order valence-electron chi connectivity index (χ4n) is 1.84. The van der Waals surface area contributed by atoms with E-state index in [1.807, 2.05) is 0 Å². The lowest BCUT2D eigenvalue weighted by atomic mass is 10.1. The fourth-order valence-corrected chi connectivity index (χ4v) is 1.84. The second-order valence-electron chi connectivity index (χ2n) is 3.99. The summed E-state index contributed by atoms with van der Waals surface area (Å²) in [5.41, 5.74) is 3.59. The van der Waals surface area contributed by atoms with Gasteiger partial charge < -0.3 is 10.3 Å². The molecule has 1 heterocycles. The maximum Gasteiger partial charge on any atom is 0.106 e. The summed E-state index contributed by atoms with van der Waals surface area (Å²) in [5.74, 6) is 1.07. The number of nitrogens with one attached hydrogen (secondary N) is 2. The molecule has 0 saturated heterocycles. The number of hydrogen-bond donors (Lipinski definition) is 2. The van der Waals surface area contributed by atoms with Crippen LogP contribution in [-0.4, -0.2) is 23.1 Å². The van der Waals surface area contributed by atoms with Crippen molar-refractivity contribution in [1.82, 2.24) is 15.3 Å². The van der Waals surface area contributed by atoms with Crippen molar-refractivity contribution in [1.29, 1.82) is 0 Å². The van der Waals surface area contributed by atoms with E-state index in [2.05, 4.69) is 47.3 Å². The average molecular weight is 217 g/mol. The standard InChI is InChI=1S/C13H19N3/c1-3-13-15-11-6-5-10(7-8-14-4-2)9-12(11)16-13/h5-6,9,14H,3-4,7-8H2,1-2H3,(H,15,16). The van der Waals surface area contributed by atoms with Gasteiger partial charge in [-0.2, -0.15) is 0 Å². The molecule has 0 saturated carbocycles. The third kappa shape index (κ3) is 2.42. The normalized spacial score (nSPS) is 11.1. The Hall–Kier alpha value is -1.35. The molecule has 0 unspecified atom stereocenters. The minimum absolute atomic E-state index is 0.960. The van der Waals surface area contributed by atoms with Crippen molar-refractivity contribution in [2.24, 2.45) is 0 Å². The molecule has 0 fully saturated rings. The molecule has 16 heavy (non-hydrogen) atoms. The molecule has 1 aromatic heterocycles. The number of nitrogens with zero attached hydrogens (tertiary/aromatic N) is 1. The zero-order valence-corrected chi connectivity index (χ0v) is 10.0. The van der Waals surface area contributed by atoms with E-state index in [-0.39, 0.29) is 0 Å². The maximum absolute atomic E-state index is 4.50. The molecule has 0 aliphatic heterocycles. The second kappa shape index (κ2) is 5.12. The lowest BCUT2D eigenvalue weighted by molar-refractivity contribution is 0.717. The maximum atomic E-state index is 4.50. The van der Waals surface area contributed by atoms with Crippen molar-refractivity contribution in [3.05, 3.63) is 29.6 Å². The molecule has 0 aliphatic rings. The van der Waals surface area contributed by atoms with Gasteiger partial charge in [-0.3, -0.25) is 0 Å². The highest BCUT2D eigenvalue weighted by Gasteiger charge is 2.01. The Balaban J connectivity index is 2.15. The van der Waals surface area contributed by atoms with Crippen LogP contribution in [0.15, 0.2) is 18.2 Å². The first-order valence-corrected chi connectivity index (χ1v) is 6.01. The molecule has 2 rings (SSSR count). The van der Waals surface area contributed by atoms with Crippen LogP contribution in [-0.2, 0) is 12.8 Å². The van der Waals surface area contributed by atoms with Crippen molar-refractivity contribution in [3.8, 4) is 0 Å². The SMILES string of the molecule is CCNCCc1ccc2nc(CC)[nH]c2c1. The number of aromatic nitrogens is 2. The number of aryl methyl sites for hydroxylation is 1. The monoisotopic (exact) mass is 217 g/mol. The first-order chi connectivity index (χ1) is 7.83. The quantitative estimate of drug-likeness (QED) is 0.754. The van der Waals surface area contributed by atoms with Crippen LogP contribution in [0.1, 0.15) is 25.2 Å². The van der Waals surface area contributed by atoms with Gasteiger partial charge in [0, 0.05) is 6.42 Å². The molecule has 2 aromatic rings. The summed E-state index contributed by atoms with van der Waals surface area (Å²) in [6.45, 7) is 6.32. The van der Waals surface area contributed by atoms with Gasteiger partial charge in [0.1, 0.15) is 5.82 Å². The summed E-state index contributed by atoms with van der Waals surface area (Å²) >= 11 is 0. The van der Waals surface area contributed by atoms with Crippen LogP contribution in [0.4, 0.5) is 0 Å². The van der Waals surface area contributed by atoms with Gasteiger partial charge in [0.25, 0.3) is 0 Å².